The number of nitrogens with one attached hydrogen (secondary N) is 2. The van der Waals surface area contributed by atoms with Crippen molar-refractivity contribution in [2.24, 2.45) is 5.92 Å². The zero-order valence-corrected chi connectivity index (χ0v) is 14.4. The Bertz CT molecular complexity index is 427. The topological polar surface area (TPSA) is 59.0 Å². The lowest BCUT2D eigenvalue weighted by atomic mass is 9.85. The van der Waals surface area contributed by atoms with Gasteiger partial charge in [0.25, 0.3) is 0 Å². The number of rotatable bonds is 5. The molecule has 1 aromatic rings. The van der Waals surface area contributed by atoms with Gasteiger partial charge in [-0.05, 0) is 31.6 Å². The van der Waals surface area contributed by atoms with Gasteiger partial charge in [0.1, 0.15) is 0 Å². The molecule has 1 saturated carbocycles. The Morgan fingerprint density at radius 1 is 1.32 bits per heavy atom. The van der Waals surface area contributed by atoms with Crippen molar-refractivity contribution in [1.82, 2.24) is 20.2 Å². The Kier molecular flexibility index (Phi) is 8.21. The van der Waals surface area contributed by atoms with Crippen molar-refractivity contribution < 1.29 is 4.79 Å². The summed E-state index contributed by atoms with van der Waals surface area (Å²) in [7, 11) is 0. The van der Waals surface area contributed by atoms with E-state index >= 15 is 0 Å². The minimum absolute atomic E-state index is 0. The van der Waals surface area contributed by atoms with Gasteiger partial charge in [0.2, 0.25) is 5.91 Å². The van der Waals surface area contributed by atoms with E-state index in [-0.39, 0.29) is 36.8 Å². The minimum Gasteiger partial charge on any atom is -0.355 e. The number of nitrogens with zero attached hydrogens (tertiary/aromatic N) is 2. The Balaban J connectivity index is 0.00000121. The largest absolute Gasteiger partial charge is 0.355 e. The van der Waals surface area contributed by atoms with E-state index in [2.05, 4.69) is 15.6 Å². The number of imidazole rings is 1. The smallest absolute Gasteiger partial charge is 0.237 e. The van der Waals surface area contributed by atoms with Crippen LogP contribution in [0.15, 0.2) is 18.7 Å². The van der Waals surface area contributed by atoms with Gasteiger partial charge in [-0.2, -0.15) is 0 Å². The molecule has 3 atom stereocenters. The van der Waals surface area contributed by atoms with Crippen molar-refractivity contribution in [3.8, 4) is 0 Å². The van der Waals surface area contributed by atoms with Gasteiger partial charge in [0.15, 0.2) is 0 Å². The normalized spacial score (nSPS) is 26.5. The summed E-state index contributed by atoms with van der Waals surface area (Å²) in [5, 5.41) is 6.58. The average molecular weight is 349 g/mol. The van der Waals surface area contributed by atoms with Gasteiger partial charge in [-0.1, -0.05) is 12.8 Å². The highest BCUT2D eigenvalue weighted by molar-refractivity contribution is 5.85. The standard InChI is InChI=1S/C15H24N4O.2ClH/c20-15(17-6-3-8-19-9-7-16-11-19)14-10-12-4-1-2-5-13(12)18-14;;/h7,9,11-14,18H,1-6,8,10H2,(H,17,20);2*1H. The number of carbonyl (C=O) groups is 1. The van der Waals surface area contributed by atoms with Crippen molar-refractivity contribution in [2.45, 2.75) is 57.2 Å². The summed E-state index contributed by atoms with van der Waals surface area (Å²) in [5.41, 5.74) is 0. The molecule has 3 rings (SSSR count). The highest BCUT2D eigenvalue weighted by atomic mass is 35.5. The van der Waals surface area contributed by atoms with Crippen LogP contribution in [0.4, 0.5) is 0 Å². The molecular weight excluding hydrogens is 323 g/mol. The Morgan fingerprint density at radius 2 is 2.14 bits per heavy atom. The number of aryl methyl sites for hydroxylation is 1. The molecule has 2 N–H and O–H groups in total. The molecule has 1 aliphatic carbocycles. The summed E-state index contributed by atoms with van der Waals surface area (Å²) in [4.78, 5) is 16.2. The van der Waals surface area contributed by atoms with E-state index in [1.165, 1.54) is 25.7 Å². The van der Waals surface area contributed by atoms with Crippen LogP contribution < -0.4 is 10.6 Å². The van der Waals surface area contributed by atoms with Gasteiger partial charge in [0, 0.05) is 31.5 Å². The van der Waals surface area contributed by atoms with Crippen LogP contribution in [-0.4, -0.2) is 34.1 Å². The van der Waals surface area contributed by atoms with E-state index in [0.717, 1.165) is 31.8 Å². The molecule has 1 amide bonds. The molecule has 2 heterocycles. The van der Waals surface area contributed by atoms with Crippen LogP contribution in [0.5, 0.6) is 0 Å². The lowest BCUT2D eigenvalue weighted by Gasteiger charge is -2.24. The summed E-state index contributed by atoms with van der Waals surface area (Å²) in [6.07, 6.45) is 12.7. The minimum atomic E-state index is 0. The Labute approximate surface area is 144 Å². The molecule has 0 spiro atoms. The molecule has 126 valence electrons. The maximum atomic E-state index is 12.2. The monoisotopic (exact) mass is 348 g/mol. The second kappa shape index (κ2) is 9.38. The predicted octanol–water partition coefficient (Wildman–Crippen LogP) is 2.15. The second-order valence-electron chi connectivity index (χ2n) is 6.05. The van der Waals surface area contributed by atoms with Crippen LogP contribution in [0.2, 0.25) is 0 Å². The summed E-state index contributed by atoms with van der Waals surface area (Å²) in [6, 6.07) is 0.627. The maximum Gasteiger partial charge on any atom is 0.237 e. The first kappa shape index (κ1) is 19.3. The van der Waals surface area contributed by atoms with Gasteiger partial charge in [-0.3, -0.25) is 4.79 Å². The molecule has 2 aliphatic rings. The van der Waals surface area contributed by atoms with E-state index < -0.39 is 0 Å². The van der Waals surface area contributed by atoms with Gasteiger partial charge in [-0.15, -0.1) is 24.8 Å². The molecule has 1 aliphatic heterocycles. The van der Waals surface area contributed by atoms with Crippen molar-refractivity contribution in [2.75, 3.05) is 6.54 Å². The Hall–Kier alpha value is -0.780. The summed E-state index contributed by atoms with van der Waals surface area (Å²) in [6.45, 7) is 1.65. The fraction of sp³-hybridized carbons (Fsp3) is 0.733. The molecule has 0 aromatic carbocycles. The van der Waals surface area contributed by atoms with E-state index in [1.54, 1.807) is 6.20 Å². The fourth-order valence-electron chi connectivity index (χ4n) is 3.54. The molecule has 0 radical (unpaired) electrons. The number of halogens is 2. The van der Waals surface area contributed by atoms with Gasteiger partial charge >= 0.3 is 0 Å². The van der Waals surface area contributed by atoms with Crippen molar-refractivity contribution >= 4 is 30.7 Å². The van der Waals surface area contributed by atoms with E-state index in [9.17, 15) is 4.79 Å². The zero-order chi connectivity index (χ0) is 13.8. The average Bonchev–Trinajstić information content (AvgIpc) is 3.12. The van der Waals surface area contributed by atoms with Crippen molar-refractivity contribution in [3.05, 3.63) is 18.7 Å². The second-order valence-corrected chi connectivity index (χ2v) is 6.05. The number of fused-ring (bicyclic) bond motifs is 1. The number of hydrogen-bond donors (Lipinski definition) is 2. The quantitative estimate of drug-likeness (QED) is 0.801. The van der Waals surface area contributed by atoms with Crippen LogP contribution in [0.1, 0.15) is 38.5 Å². The number of hydrogen-bond acceptors (Lipinski definition) is 3. The third-order valence-corrected chi connectivity index (χ3v) is 4.63. The lowest BCUT2D eigenvalue weighted by Crippen LogP contribution is -2.43. The molecular formula is C15H26Cl2N4O. The molecule has 3 unspecified atom stereocenters. The van der Waals surface area contributed by atoms with E-state index in [1.807, 2.05) is 17.1 Å². The zero-order valence-electron chi connectivity index (χ0n) is 12.7. The fourth-order valence-corrected chi connectivity index (χ4v) is 3.54. The number of amides is 1. The molecule has 0 bridgehead atoms. The summed E-state index contributed by atoms with van der Waals surface area (Å²) >= 11 is 0. The van der Waals surface area contributed by atoms with Crippen molar-refractivity contribution in [1.29, 1.82) is 0 Å². The molecule has 1 saturated heterocycles. The van der Waals surface area contributed by atoms with Gasteiger partial charge < -0.3 is 15.2 Å². The van der Waals surface area contributed by atoms with Crippen LogP contribution >= 0.6 is 24.8 Å². The van der Waals surface area contributed by atoms with E-state index in [0.29, 0.717) is 6.04 Å². The first-order valence-corrected chi connectivity index (χ1v) is 7.82. The van der Waals surface area contributed by atoms with Gasteiger partial charge in [0.05, 0.1) is 12.4 Å². The number of carbonyl (C=O) groups excluding carboxylic acids is 1. The number of aromatic nitrogens is 2. The maximum absolute atomic E-state index is 12.2. The predicted molar refractivity (Wildman–Crippen MR) is 91.6 cm³/mol. The van der Waals surface area contributed by atoms with Gasteiger partial charge in [-0.25, -0.2) is 4.98 Å². The van der Waals surface area contributed by atoms with Crippen LogP contribution in [-0.2, 0) is 11.3 Å². The third-order valence-electron chi connectivity index (χ3n) is 4.63. The highest BCUT2D eigenvalue weighted by Crippen LogP contribution is 2.33. The Morgan fingerprint density at radius 3 is 2.86 bits per heavy atom. The molecule has 22 heavy (non-hydrogen) atoms. The first-order chi connectivity index (χ1) is 9.83. The summed E-state index contributed by atoms with van der Waals surface area (Å²) in [5.74, 6) is 0.912. The SMILES string of the molecule is Cl.Cl.O=C(NCCCn1ccnc1)C1CC2CCCCC2N1. The first-order valence-electron chi connectivity index (χ1n) is 7.82. The van der Waals surface area contributed by atoms with Crippen LogP contribution in [0.25, 0.3) is 0 Å². The molecule has 7 heteroatoms. The highest BCUT2D eigenvalue weighted by Gasteiger charge is 2.37. The third kappa shape index (κ3) is 4.86. The molecule has 2 fully saturated rings. The van der Waals surface area contributed by atoms with Crippen molar-refractivity contribution in [3.63, 3.8) is 0 Å². The van der Waals surface area contributed by atoms with Crippen LogP contribution in [0, 0.1) is 5.92 Å². The van der Waals surface area contributed by atoms with E-state index in [4.69, 9.17) is 0 Å². The lowest BCUT2D eigenvalue weighted by molar-refractivity contribution is -0.122. The van der Waals surface area contributed by atoms with Crippen LogP contribution in [0.3, 0.4) is 0 Å². The molecule has 1 aromatic heterocycles. The summed E-state index contributed by atoms with van der Waals surface area (Å²) < 4.78 is 2.04. The molecule has 5 nitrogen and oxygen atoms in total.